The van der Waals surface area contributed by atoms with Crippen molar-refractivity contribution < 1.29 is 17.9 Å². The molecule has 3 aromatic rings. The molecule has 0 spiro atoms. The Kier molecular flexibility index (Phi) is 5.46. The fourth-order valence-electron chi connectivity index (χ4n) is 3.40. The van der Waals surface area contributed by atoms with Crippen molar-refractivity contribution in [2.24, 2.45) is 0 Å². The molecule has 4 rings (SSSR count). The molecule has 3 aromatic carbocycles. The van der Waals surface area contributed by atoms with Crippen LogP contribution in [0, 0.1) is 6.92 Å². The van der Waals surface area contributed by atoms with Gasteiger partial charge in [-0.1, -0.05) is 42.5 Å². The van der Waals surface area contributed by atoms with Crippen LogP contribution in [0.25, 0.3) is 0 Å². The maximum absolute atomic E-state index is 13.6. The summed E-state index contributed by atoms with van der Waals surface area (Å²) < 4.78 is 33.5. The van der Waals surface area contributed by atoms with E-state index in [1.54, 1.807) is 18.2 Å². The van der Waals surface area contributed by atoms with Gasteiger partial charge in [-0.15, -0.1) is 0 Å². The number of carbonyl (C=O) groups excluding carboxylic acids is 1. The van der Waals surface area contributed by atoms with Gasteiger partial charge in [0.05, 0.1) is 23.7 Å². The molecule has 1 aliphatic rings. The van der Waals surface area contributed by atoms with Gasteiger partial charge in [0.25, 0.3) is 10.0 Å². The van der Waals surface area contributed by atoms with E-state index in [1.807, 2.05) is 55.5 Å². The first-order valence-electron chi connectivity index (χ1n) is 9.63. The molecule has 30 heavy (non-hydrogen) atoms. The molecule has 0 N–H and O–H groups in total. The zero-order chi connectivity index (χ0) is 21.1. The van der Waals surface area contributed by atoms with Gasteiger partial charge >= 0.3 is 6.09 Å². The first-order valence-corrected chi connectivity index (χ1v) is 11.1. The van der Waals surface area contributed by atoms with E-state index in [0.717, 1.165) is 11.1 Å². The normalized spacial score (nSPS) is 13.9. The van der Waals surface area contributed by atoms with E-state index in [2.05, 4.69) is 0 Å². The number of anilines is 2. The fraction of sp³-hybridized carbons (Fsp3) is 0.174. The SMILES string of the molecule is Cc1cccc(N(Cc2ccccc2)S(=O)(=O)c2ccc(N3CCOC3=O)cc2)c1. The van der Waals surface area contributed by atoms with Gasteiger partial charge in [0.1, 0.15) is 6.61 Å². The number of hydrogen-bond acceptors (Lipinski definition) is 4. The number of nitrogens with zero attached hydrogens (tertiary/aromatic N) is 2. The molecule has 0 atom stereocenters. The van der Waals surface area contributed by atoms with Crippen molar-refractivity contribution in [3.63, 3.8) is 0 Å². The van der Waals surface area contributed by atoms with Crippen LogP contribution in [-0.4, -0.2) is 27.7 Å². The highest BCUT2D eigenvalue weighted by Gasteiger charge is 2.27. The molecule has 0 bridgehead atoms. The minimum absolute atomic E-state index is 0.163. The average molecular weight is 423 g/mol. The quantitative estimate of drug-likeness (QED) is 0.592. The lowest BCUT2D eigenvalue weighted by molar-refractivity contribution is 0.181. The van der Waals surface area contributed by atoms with Crippen molar-refractivity contribution in [1.82, 2.24) is 0 Å². The van der Waals surface area contributed by atoms with Crippen LogP contribution in [0.3, 0.4) is 0 Å². The van der Waals surface area contributed by atoms with E-state index in [0.29, 0.717) is 24.5 Å². The highest BCUT2D eigenvalue weighted by Crippen LogP contribution is 2.28. The summed E-state index contributed by atoms with van der Waals surface area (Å²) in [6.07, 6.45) is -0.420. The van der Waals surface area contributed by atoms with Gasteiger partial charge in [-0.3, -0.25) is 9.21 Å². The Morgan fingerprint density at radius 1 is 0.967 bits per heavy atom. The lowest BCUT2D eigenvalue weighted by atomic mass is 10.2. The van der Waals surface area contributed by atoms with Crippen molar-refractivity contribution in [2.75, 3.05) is 22.4 Å². The molecule has 1 fully saturated rings. The Morgan fingerprint density at radius 3 is 2.33 bits per heavy atom. The van der Waals surface area contributed by atoms with Gasteiger partial charge in [-0.25, -0.2) is 13.2 Å². The predicted molar refractivity (Wildman–Crippen MR) is 116 cm³/mol. The monoisotopic (exact) mass is 422 g/mol. The maximum Gasteiger partial charge on any atom is 0.414 e. The summed E-state index contributed by atoms with van der Waals surface area (Å²) in [5.41, 5.74) is 3.08. The molecular formula is C23H22N2O4S. The molecule has 0 saturated carbocycles. The van der Waals surface area contributed by atoms with Crippen molar-refractivity contribution >= 4 is 27.5 Å². The summed E-state index contributed by atoms with van der Waals surface area (Å²) in [5, 5.41) is 0. The Labute approximate surface area is 176 Å². The highest BCUT2D eigenvalue weighted by atomic mass is 32.2. The Hall–Kier alpha value is -3.32. The standard InChI is InChI=1S/C23H22N2O4S/c1-18-6-5-9-21(16-18)25(17-19-7-3-2-4-8-19)30(27,28)22-12-10-20(11-13-22)24-14-15-29-23(24)26/h2-13,16H,14-15,17H2,1H3. The zero-order valence-electron chi connectivity index (χ0n) is 16.6. The molecule has 1 saturated heterocycles. The molecule has 1 heterocycles. The number of sulfonamides is 1. The van der Waals surface area contributed by atoms with Gasteiger partial charge in [-0.2, -0.15) is 0 Å². The molecule has 1 aliphatic heterocycles. The molecule has 0 aromatic heterocycles. The molecular weight excluding hydrogens is 400 g/mol. The Bertz CT molecular complexity index is 1150. The summed E-state index contributed by atoms with van der Waals surface area (Å²) in [7, 11) is -3.82. The van der Waals surface area contributed by atoms with E-state index >= 15 is 0 Å². The zero-order valence-corrected chi connectivity index (χ0v) is 17.4. The van der Waals surface area contributed by atoms with Crippen LogP contribution in [0.15, 0.2) is 83.8 Å². The number of benzene rings is 3. The van der Waals surface area contributed by atoms with Crippen molar-refractivity contribution in [3.05, 3.63) is 90.0 Å². The van der Waals surface area contributed by atoms with Crippen LogP contribution in [0.1, 0.15) is 11.1 Å². The predicted octanol–water partition coefficient (Wildman–Crippen LogP) is 4.35. The van der Waals surface area contributed by atoms with Crippen molar-refractivity contribution in [3.8, 4) is 0 Å². The number of hydrogen-bond donors (Lipinski definition) is 0. The molecule has 154 valence electrons. The number of rotatable bonds is 6. The molecule has 0 aliphatic carbocycles. The topological polar surface area (TPSA) is 66.9 Å². The smallest absolute Gasteiger partial charge is 0.414 e. The van der Waals surface area contributed by atoms with Gasteiger partial charge in [0.2, 0.25) is 0 Å². The van der Waals surface area contributed by atoms with Gasteiger partial charge in [-0.05, 0) is 54.4 Å². The molecule has 6 nitrogen and oxygen atoms in total. The molecule has 0 unspecified atom stereocenters. The van der Waals surface area contributed by atoms with E-state index in [1.165, 1.54) is 21.3 Å². The fourth-order valence-corrected chi connectivity index (χ4v) is 4.85. The third-order valence-corrected chi connectivity index (χ3v) is 6.74. The van der Waals surface area contributed by atoms with Crippen LogP contribution < -0.4 is 9.21 Å². The van der Waals surface area contributed by atoms with Crippen LogP contribution in [0.2, 0.25) is 0 Å². The van der Waals surface area contributed by atoms with E-state index in [4.69, 9.17) is 4.74 Å². The average Bonchev–Trinajstić information content (AvgIpc) is 3.18. The first kappa shape index (κ1) is 20.0. The van der Waals surface area contributed by atoms with Crippen LogP contribution in [-0.2, 0) is 21.3 Å². The number of aryl methyl sites for hydroxylation is 1. The minimum atomic E-state index is -3.82. The van der Waals surface area contributed by atoms with Crippen molar-refractivity contribution in [1.29, 1.82) is 0 Å². The third kappa shape index (κ3) is 4.02. The largest absolute Gasteiger partial charge is 0.447 e. The molecule has 0 radical (unpaired) electrons. The number of carbonyl (C=O) groups is 1. The lowest BCUT2D eigenvalue weighted by Crippen LogP contribution is -2.30. The second kappa shape index (κ2) is 8.20. The second-order valence-corrected chi connectivity index (χ2v) is 8.96. The van der Waals surface area contributed by atoms with Crippen molar-refractivity contribution in [2.45, 2.75) is 18.4 Å². The second-order valence-electron chi connectivity index (χ2n) is 7.10. The van der Waals surface area contributed by atoms with Gasteiger partial charge < -0.3 is 4.74 Å². The summed E-state index contributed by atoms with van der Waals surface area (Å²) in [5.74, 6) is 0. The van der Waals surface area contributed by atoms with Gasteiger partial charge in [0, 0.05) is 5.69 Å². The number of ether oxygens (including phenoxy) is 1. The minimum Gasteiger partial charge on any atom is -0.447 e. The van der Waals surface area contributed by atoms with Gasteiger partial charge in [0.15, 0.2) is 0 Å². The maximum atomic E-state index is 13.6. The third-order valence-electron chi connectivity index (χ3n) is 4.96. The molecule has 7 heteroatoms. The summed E-state index contributed by atoms with van der Waals surface area (Å²) in [6, 6.07) is 23.2. The summed E-state index contributed by atoms with van der Waals surface area (Å²) >= 11 is 0. The molecule has 1 amide bonds. The Morgan fingerprint density at radius 2 is 1.70 bits per heavy atom. The lowest BCUT2D eigenvalue weighted by Gasteiger charge is -2.25. The van der Waals surface area contributed by atoms with Crippen LogP contribution in [0.4, 0.5) is 16.2 Å². The summed E-state index contributed by atoms with van der Waals surface area (Å²) in [4.78, 5) is 13.4. The van der Waals surface area contributed by atoms with E-state index < -0.39 is 16.1 Å². The summed E-state index contributed by atoms with van der Waals surface area (Å²) in [6.45, 7) is 2.93. The van der Waals surface area contributed by atoms with E-state index in [9.17, 15) is 13.2 Å². The first-order chi connectivity index (χ1) is 14.4. The Balaban J connectivity index is 1.70. The van der Waals surface area contributed by atoms with Crippen LogP contribution in [0.5, 0.6) is 0 Å². The number of cyclic esters (lactones) is 1. The highest BCUT2D eigenvalue weighted by molar-refractivity contribution is 7.92. The van der Waals surface area contributed by atoms with E-state index in [-0.39, 0.29) is 11.4 Å². The number of amides is 1. The van der Waals surface area contributed by atoms with Crippen LogP contribution >= 0.6 is 0 Å².